The minimum absolute atomic E-state index is 0.542. The highest BCUT2D eigenvalue weighted by molar-refractivity contribution is 5.15. The normalized spacial score (nSPS) is 13.3. The van der Waals surface area contributed by atoms with Crippen molar-refractivity contribution in [3.05, 3.63) is 23.7 Å². The van der Waals surface area contributed by atoms with Crippen LogP contribution in [0, 0.1) is 6.92 Å². The molecule has 0 fully saturated rings. The molecule has 0 aliphatic heterocycles. The molecule has 0 saturated heterocycles. The summed E-state index contributed by atoms with van der Waals surface area (Å²) in [6.07, 6.45) is 2.95. The maximum absolute atomic E-state index is 5.30. The summed E-state index contributed by atoms with van der Waals surface area (Å²) in [5, 5.41) is 3.44. The molecule has 1 unspecified atom stereocenters. The van der Waals surface area contributed by atoms with E-state index in [-0.39, 0.29) is 0 Å². The number of likely N-dealkylation sites (N-methyl/N-ethyl adjacent to an activating group) is 1. The largest absolute Gasteiger partial charge is 0.469 e. The van der Waals surface area contributed by atoms with Gasteiger partial charge in [0.25, 0.3) is 0 Å². The second-order valence-electron chi connectivity index (χ2n) is 4.47. The third-order valence-electron chi connectivity index (χ3n) is 3.00. The van der Waals surface area contributed by atoms with Gasteiger partial charge in [0.2, 0.25) is 0 Å². The van der Waals surface area contributed by atoms with Crippen molar-refractivity contribution in [2.75, 3.05) is 20.1 Å². The van der Waals surface area contributed by atoms with Gasteiger partial charge in [-0.3, -0.25) is 4.90 Å². The Labute approximate surface area is 98.8 Å². The summed E-state index contributed by atoms with van der Waals surface area (Å²) in [5.41, 5.74) is 1.28. The first-order valence-electron chi connectivity index (χ1n) is 6.09. The Hall–Kier alpha value is -0.800. The first kappa shape index (κ1) is 13.3. The van der Waals surface area contributed by atoms with Crippen molar-refractivity contribution in [2.24, 2.45) is 0 Å². The van der Waals surface area contributed by atoms with Crippen LogP contribution in [-0.4, -0.2) is 31.1 Å². The molecule has 0 amide bonds. The Balaban J connectivity index is 2.34. The van der Waals surface area contributed by atoms with E-state index in [0.29, 0.717) is 6.04 Å². The van der Waals surface area contributed by atoms with Crippen molar-refractivity contribution >= 4 is 0 Å². The van der Waals surface area contributed by atoms with Gasteiger partial charge in [-0.25, -0.2) is 0 Å². The molecular weight excluding hydrogens is 200 g/mol. The summed E-state index contributed by atoms with van der Waals surface area (Å²) in [6.45, 7) is 9.55. The van der Waals surface area contributed by atoms with E-state index >= 15 is 0 Å². The van der Waals surface area contributed by atoms with Crippen molar-refractivity contribution < 1.29 is 4.42 Å². The summed E-state index contributed by atoms with van der Waals surface area (Å²) >= 11 is 0. The van der Waals surface area contributed by atoms with Crippen LogP contribution in [0.5, 0.6) is 0 Å². The molecule has 0 aliphatic carbocycles. The Bertz CT molecular complexity index is 296. The van der Waals surface area contributed by atoms with Gasteiger partial charge in [0.15, 0.2) is 0 Å². The summed E-state index contributed by atoms with van der Waals surface area (Å²) in [6, 6.07) is 2.60. The zero-order valence-corrected chi connectivity index (χ0v) is 10.9. The van der Waals surface area contributed by atoms with E-state index < -0.39 is 0 Å². The number of hydrogen-bond donors (Lipinski definition) is 1. The minimum atomic E-state index is 0.542. The van der Waals surface area contributed by atoms with Gasteiger partial charge in [0.1, 0.15) is 5.76 Å². The lowest BCUT2D eigenvalue weighted by atomic mass is 10.2. The second kappa shape index (κ2) is 6.71. The first-order valence-corrected chi connectivity index (χ1v) is 6.09. The Morgan fingerprint density at radius 2 is 2.25 bits per heavy atom. The zero-order valence-electron chi connectivity index (χ0n) is 10.9. The lowest BCUT2D eigenvalue weighted by molar-refractivity contribution is 0.242. The molecule has 0 bridgehead atoms. The molecular formula is C13H24N2O. The standard InChI is InChI=1S/C13H24N2O/c1-5-7-14-9-11(2)15(4)10-13-6-8-16-12(13)3/h6,8,11,14H,5,7,9-10H2,1-4H3. The van der Waals surface area contributed by atoms with Gasteiger partial charge >= 0.3 is 0 Å². The fourth-order valence-corrected chi connectivity index (χ4v) is 1.64. The maximum atomic E-state index is 5.30. The van der Waals surface area contributed by atoms with E-state index in [1.165, 1.54) is 12.0 Å². The van der Waals surface area contributed by atoms with Crippen molar-refractivity contribution in [1.29, 1.82) is 0 Å². The summed E-state index contributed by atoms with van der Waals surface area (Å²) < 4.78 is 5.30. The van der Waals surface area contributed by atoms with E-state index in [1.54, 1.807) is 6.26 Å². The molecule has 1 N–H and O–H groups in total. The third kappa shape index (κ3) is 3.99. The van der Waals surface area contributed by atoms with Gasteiger partial charge in [-0.1, -0.05) is 6.92 Å². The van der Waals surface area contributed by atoms with Gasteiger partial charge in [-0.05, 0) is 39.9 Å². The van der Waals surface area contributed by atoms with Crippen LogP contribution in [0.3, 0.4) is 0 Å². The molecule has 92 valence electrons. The van der Waals surface area contributed by atoms with E-state index in [9.17, 15) is 0 Å². The number of rotatable bonds is 7. The van der Waals surface area contributed by atoms with Gasteiger partial charge in [0.05, 0.1) is 6.26 Å². The van der Waals surface area contributed by atoms with Gasteiger partial charge in [-0.2, -0.15) is 0 Å². The number of furan rings is 1. The van der Waals surface area contributed by atoms with E-state index in [4.69, 9.17) is 4.42 Å². The molecule has 0 radical (unpaired) electrons. The molecule has 1 aromatic heterocycles. The maximum Gasteiger partial charge on any atom is 0.105 e. The number of nitrogens with zero attached hydrogens (tertiary/aromatic N) is 1. The van der Waals surface area contributed by atoms with Crippen LogP contribution in [0.1, 0.15) is 31.6 Å². The fraction of sp³-hybridized carbons (Fsp3) is 0.692. The Morgan fingerprint density at radius 3 is 2.81 bits per heavy atom. The third-order valence-corrected chi connectivity index (χ3v) is 3.00. The molecule has 1 heterocycles. The van der Waals surface area contributed by atoms with E-state index in [0.717, 1.165) is 25.4 Å². The molecule has 1 atom stereocenters. The Kier molecular flexibility index (Phi) is 5.56. The predicted molar refractivity (Wildman–Crippen MR) is 67.5 cm³/mol. The van der Waals surface area contributed by atoms with Crippen molar-refractivity contribution in [3.63, 3.8) is 0 Å². The van der Waals surface area contributed by atoms with Crippen LogP contribution in [0.4, 0.5) is 0 Å². The van der Waals surface area contributed by atoms with Crippen LogP contribution >= 0.6 is 0 Å². The fourth-order valence-electron chi connectivity index (χ4n) is 1.64. The van der Waals surface area contributed by atoms with Crippen LogP contribution in [0.15, 0.2) is 16.7 Å². The second-order valence-corrected chi connectivity index (χ2v) is 4.47. The van der Waals surface area contributed by atoms with E-state index in [2.05, 4.69) is 37.2 Å². The van der Waals surface area contributed by atoms with Gasteiger partial charge in [-0.15, -0.1) is 0 Å². The highest BCUT2D eigenvalue weighted by Crippen LogP contribution is 2.12. The highest BCUT2D eigenvalue weighted by Gasteiger charge is 2.11. The van der Waals surface area contributed by atoms with Gasteiger partial charge in [0, 0.05) is 24.7 Å². The molecule has 0 spiro atoms. The average molecular weight is 224 g/mol. The molecule has 16 heavy (non-hydrogen) atoms. The molecule has 0 aromatic carbocycles. The topological polar surface area (TPSA) is 28.4 Å². The summed E-state index contributed by atoms with van der Waals surface area (Å²) in [4.78, 5) is 2.35. The van der Waals surface area contributed by atoms with Gasteiger partial charge < -0.3 is 9.73 Å². The van der Waals surface area contributed by atoms with Crippen LogP contribution in [0.2, 0.25) is 0 Å². The Morgan fingerprint density at radius 1 is 1.50 bits per heavy atom. The summed E-state index contributed by atoms with van der Waals surface area (Å²) in [7, 11) is 2.16. The molecule has 0 aliphatic rings. The number of hydrogen-bond acceptors (Lipinski definition) is 3. The van der Waals surface area contributed by atoms with Crippen LogP contribution in [0.25, 0.3) is 0 Å². The number of nitrogens with one attached hydrogen (secondary N) is 1. The van der Waals surface area contributed by atoms with Crippen LogP contribution in [-0.2, 0) is 6.54 Å². The molecule has 1 aromatic rings. The molecule has 1 rings (SSSR count). The minimum Gasteiger partial charge on any atom is -0.469 e. The van der Waals surface area contributed by atoms with Crippen LogP contribution < -0.4 is 5.32 Å². The van der Waals surface area contributed by atoms with Crippen molar-refractivity contribution in [1.82, 2.24) is 10.2 Å². The molecule has 3 nitrogen and oxygen atoms in total. The smallest absolute Gasteiger partial charge is 0.105 e. The van der Waals surface area contributed by atoms with Crippen molar-refractivity contribution in [3.8, 4) is 0 Å². The SMILES string of the molecule is CCCNCC(C)N(C)Cc1ccoc1C. The summed E-state index contributed by atoms with van der Waals surface area (Å²) in [5.74, 6) is 1.03. The lowest BCUT2D eigenvalue weighted by Gasteiger charge is -2.24. The highest BCUT2D eigenvalue weighted by atomic mass is 16.3. The first-order chi connectivity index (χ1) is 7.65. The predicted octanol–water partition coefficient (Wildman–Crippen LogP) is 2.41. The molecule has 3 heteroatoms. The van der Waals surface area contributed by atoms with Crippen molar-refractivity contribution in [2.45, 2.75) is 39.8 Å². The number of aryl methyl sites for hydroxylation is 1. The zero-order chi connectivity index (χ0) is 12.0. The lowest BCUT2D eigenvalue weighted by Crippen LogP contribution is -2.37. The molecule has 0 saturated carbocycles. The average Bonchev–Trinajstić information content (AvgIpc) is 2.64. The van der Waals surface area contributed by atoms with E-state index in [1.807, 2.05) is 6.92 Å². The monoisotopic (exact) mass is 224 g/mol. The quantitative estimate of drug-likeness (QED) is 0.721.